The Balaban J connectivity index is 1.57. The molecule has 6 nitrogen and oxygen atoms in total. The van der Waals surface area contributed by atoms with Crippen molar-refractivity contribution in [3.63, 3.8) is 0 Å². The van der Waals surface area contributed by atoms with Crippen LogP contribution in [-0.4, -0.2) is 37.9 Å². The Morgan fingerprint density at radius 3 is 2.63 bits per heavy atom. The number of benzene rings is 1. The summed E-state index contributed by atoms with van der Waals surface area (Å²) in [6.45, 7) is 1.91. The number of pyridine rings is 1. The number of carbonyl (C=O) groups is 1. The van der Waals surface area contributed by atoms with Crippen LogP contribution in [0, 0.1) is 0 Å². The Bertz CT molecular complexity index is 936. The molecule has 27 heavy (non-hydrogen) atoms. The van der Waals surface area contributed by atoms with Gasteiger partial charge in [-0.2, -0.15) is 0 Å². The maximum atomic E-state index is 12.8. The highest BCUT2D eigenvalue weighted by Crippen LogP contribution is 2.41. The fraction of sp³-hybridized carbons (Fsp3) is 0.300. The van der Waals surface area contributed by atoms with Gasteiger partial charge in [-0.3, -0.25) is 14.3 Å². The summed E-state index contributed by atoms with van der Waals surface area (Å²) in [6, 6.07) is 11.5. The number of hydrogen-bond acceptors (Lipinski definition) is 6. The smallest absolute Gasteiger partial charge is 0.192 e. The summed E-state index contributed by atoms with van der Waals surface area (Å²) >= 11 is 1.46. The molecule has 2 aromatic heterocycles. The largest absolute Gasteiger partial charge is 0.497 e. The molecule has 0 unspecified atom stereocenters. The van der Waals surface area contributed by atoms with Crippen molar-refractivity contribution < 1.29 is 9.53 Å². The van der Waals surface area contributed by atoms with Crippen molar-refractivity contribution in [3.05, 3.63) is 54.4 Å². The first-order valence-corrected chi connectivity index (χ1v) is 9.75. The first kappa shape index (κ1) is 17.7. The number of Topliss-reactive ketones (excluding diaryl/α,β-unsaturated/α-hetero) is 1. The SMILES string of the molecule is COc1ccc(C(=O)[C@@H](C)Sc2nnc(-c3cccnc3)n2C2CC2)cc1. The first-order valence-electron chi connectivity index (χ1n) is 8.87. The molecule has 3 aromatic rings. The van der Waals surface area contributed by atoms with Crippen LogP contribution in [0.5, 0.6) is 5.75 Å². The quantitative estimate of drug-likeness (QED) is 0.455. The molecule has 1 aliphatic rings. The summed E-state index contributed by atoms with van der Waals surface area (Å²) in [7, 11) is 1.61. The van der Waals surface area contributed by atoms with E-state index in [1.165, 1.54) is 11.8 Å². The molecule has 0 bridgehead atoms. The molecular formula is C20H20N4O2S. The number of methoxy groups -OCH3 is 1. The second kappa shape index (κ2) is 7.52. The van der Waals surface area contributed by atoms with Crippen LogP contribution < -0.4 is 4.74 Å². The number of carbonyl (C=O) groups excluding carboxylic acids is 1. The molecule has 7 heteroatoms. The monoisotopic (exact) mass is 380 g/mol. The van der Waals surface area contributed by atoms with E-state index >= 15 is 0 Å². The van der Waals surface area contributed by atoms with Gasteiger partial charge < -0.3 is 4.74 Å². The number of thioether (sulfide) groups is 1. The van der Waals surface area contributed by atoms with Crippen LogP contribution in [0.1, 0.15) is 36.2 Å². The fourth-order valence-electron chi connectivity index (χ4n) is 2.91. The van der Waals surface area contributed by atoms with Crippen LogP contribution in [-0.2, 0) is 0 Å². The summed E-state index contributed by atoms with van der Waals surface area (Å²) in [6.07, 6.45) is 5.76. The molecule has 0 saturated heterocycles. The predicted octanol–water partition coefficient (Wildman–Crippen LogP) is 4.05. The number of hydrogen-bond donors (Lipinski definition) is 0. The minimum atomic E-state index is -0.262. The third-order valence-corrected chi connectivity index (χ3v) is 5.58. The van der Waals surface area contributed by atoms with Gasteiger partial charge in [0.05, 0.1) is 12.4 Å². The molecule has 0 aliphatic heterocycles. The van der Waals surface area contributed by atoms with Gasteiger partial charge in [-0.1, -0.05) is 11.8 Å². The number of rotatable bonds is 7. The highest BCUT2D eigenvalue weighted by atomic mass is 32.2. The first-order chi connectivity index (χ1) is 13.2. The van der Waals surface area contributed by atoms with Gasteiger partial charge in [0.25, 0.3) is 0 Å². The molecule has 1 atom stereocenters. The van der Waals surface area contributed by atoms with Crippen molar-refractivity contribution in [2.75, 3.05) is 7.11 Å². The summed E-state index contributed by atoms with van der Waals surface area (Å²) in [5, 5.41) is 9.27. The van der Waals surface area contributed by atoms with E-state index in [2.05, 4.69) is 19.7 Å². The van der Waals surface area contributed by atoms with E-state index in [1.807, 2.05) is 19.1 Å². The average Bonchev–Trinajstić information content (AvgIpc) is 3.48. The zero-order valence-electron chi connectivity index (χ0n) is 15.2. The zero-order valence-corrected chi connectivity index (χ0v) is 16.0. The van der Waals surface area contributed by atoms with Crippen molar-refractivity contribution in [2.45, 2.75) is 36.2 Å². The second-order valence-electron chi connectivity index (χ2n) is 6.50. The summed E-state index contributed by atoms with van der Waals surface area (Å²) in [5.41, 5.74) is 1.61. The molecule has 1 saturated carbocycles. The maximum Gasteiger partial charge on any atom is 0.192 e. The molecule has 1 aromatic carbocycles. The Hall–Kier alpha value is -2.67. The molecular weight excluding hydrogens is 360 g/mol. The van der Waals surface area contributed by atoms with E-state index < -0.39 is 0 Å². The van der Waals surface area contributed by atoms with Gasteiger partial charge in [-0.15, -0.1) is 10.2 Å². The summed E-state index contributed by atoms with van der Waals surface area (Å²) in [4.78, 5) is 17.0. The minimum Gasteiger partial charge on any atom is -0.497 e. The van der Waals surface area contributed by atoms with E-state index in [0.29, 0.717) is 11.6 Å². The van der Waals surface area contributed by atoms with E-state index in [-0.39, 0.29) is 11.0 Å². The lowest BCUT2D eigenvalue weighted by Crippen LogP contribution is -2.14. The highest BCUT2D eigenvalue weighted by Gasteiger charge is 2.31. The van der Waals surface area contributed by atoms with E-state index in [4.69, 9.17) is 4.74 Å². The van der Waals surface area contributed by atoms with Gasteiger partial charge in [0.1, 0.15) is 5.75 Å². The Morgan fingerprint density at radius 1 is 1.22 bits per heavy atom. The molecule has 0 radical (unpaired) electrons. The van der Waals surface area contributed by atoms with E-state index in [0.717, 1.165) is 35.1 Å². The number of ketones is 1. The molecule has 0 spiro atoms. The van der Waals surface area contributed by atoms with Crippen molar-refractivity contribution in [1.29, 1.82) is 0 Å². The third-order valence-electron chi connectivity index (χ3n) is 4.52. The number of nitrogens with zero attached hydrogens (tertiary/aromatic N) is 4. The Labute approximate surface area is 162 Å². The number of ether oxygens (including phenoxy) is 1. The summed E-state index contributed by atoms with van der Waals surface area (Å²) < 4.78 is 7.31. The van der Waals surface area contributed by atoms with Crippen molar-refractivity contribution in [1.82, 2.24) is 19.7 Å². The molecule has 4 rings (SSSR count). The molecule has 0 amide bonds. The molecule has 0 N–H and O–H groups in total. The van der Waals surface area contributed by atoms with E-state index in [1.54, 1.807) is 43.8 Å². The fourth-order valence-corrected chi connectivity index (χ4v) is 3.91. The number of aromatic nitrogens is 4. The predicted molar refractivity (Wildman–Crippen MR) is 104 cm³/mol. The Morgan fingerprint density at radius 2 is 2.00 bits per heavy atom. The van der Waals surface area contributed by atoms with Crippen molar-refractivity contribution >= 4 is 17.5 Å². The van der Waals surface area contributed by atoms with Gasteiger partial charge in [-0.05, 0) is 56.2 Å². The van der Waals surface area contributed by atoms with E-state index in [9.17, 15) is 4.79 Å². The van der Waals surface area contributed by atoms with Crippen LogP contribution >= 0.6 is 11.8 Å². The van der Waals surface area contributed by atoms with Crippen molar-refractivity contribution in [3.8, 4) is 17.1 Å². The zero-order chi connectivity index (χ0) is 18.8. The van der Waals surface area contributed by atoms with Crippen molar-refractivity contribution in [2.24, 2.45) is 0 Å². The highest BCUT2D eigenvalue weighted by molar-refractivity contribution is 8.00. The van der Waals surface area contributed by atoms with Crippen LogP contribution in [0.15, 0.2) is 53.9 Å². The average molecular weight is 380 g/mol. The normalized spacial score (nSPS) is 14.7. The third kappa shape index (κ3) is 3.73. The Kier molecular flexibility index (Phi) is 4.94. The lowest BCUT2D eigenvalue weighted by atomic mass is 10.1. The molecule has 2 heterocycles. The van der Waals surface area contributed by atoms with Gasteiger partial charge in [0.2, 0.25) is 0 Å². The van der Waals surface area contributed by atoms with Crippen LogP contribution in [0.3, 0.4) is 0 Å². The molecule has 1 fully saturated rings. The van der Waals surface area contributed by atoms with Crippen LogP contribution in [0.4, 0.5) is 0 Å². The van der Waals surface area contributed by atoms with Crippen LogP contribution in [0.2, 0.25) is 0 Å². The summed E-state index contributed by atoms with van der Waals surface area (Å²) in [5.74, 6) is 1.62. The minimum absolute atomic E-state index is 0.0657. The topological polar surface area (TPSA) is 69.9 Å². The molecule has 138 valence electrons. The lowest BCUT2D eigenvalue weighted by molar-refractivity contribution is 0.0994. The standard InChI is InChI=1S/C20H20N4O2S/c1-13(18(25)14-5-9-17(26-2)10-6-14)27-20-23-22-19(24(20)16-7-8-16)15-4-3-11-21-12-15/h3-6,9-13,16H,7-8H2,1-2H3/t13-/m1/s1. The van der Waals surface area contributed by atoms with Gasteiger partial charge >= 0.3 is 0 Å². The lowest BCUT2D eigenvalue weighted by Gasteiger charge is -2.12. The van der Waals surface area contributed by atoms with Gasteiger partial charge in [0.15, 0.2) is 16.8 Å². The van der Waals surface area contributed by atoms with Gasteiger partial charge in [-0.25, -0.2) is 0 Å². The second-order valence-corrected chi connectivity index (χ2v) is 7.81. The van der Waals surface area contributed by atoms with Crippen LogP contribution in [0.25, 0.3) is 11.4 Å². The maximum absolute atomic E-state index is 12.8. The van der Waals surface area contributed by atoms with Gasteiger partial charge in [0, 0.05) is 29.6 Å². The molecule has 1 aliphatic carbocycles.